The summed E-state index contributed by atoms with van der Waals surface area (Å²) in [6.07, 6.45) is 1.93. The summed E-state index contributed by atoms with van der Waals surface area (Å²) in [5, 5.41) is 12.0. The Morgan fingerprint density at radius 1 is 0.952 bits per heavy atom. The third-order valence-corrected chi connectivity index (χ3v) is 3.19. The Hall–Kier alpha value is -2.31. The van der Waals surface area contributed by atoms with E-state index in [1.165, 1.54) is 5.56 Å². The lowest BCUT2D eigenvalue weighted by Gasteiger charge is -2.07. The van der Waals surface area contributed by atoms with Crippen molar-refractivity contribution < 1.29 is 4.74 Å². The first-order valence-corrected chi connectivity index (χ1v) is 7.24. The van der Waals surface area contributed by atoms with Gasteiger partial charge in [0, 0.05) is 18.8 Å². The van der Waals surface area contributed by atoms with Gasteiger partial charge < -0.3 is 10.1 Å². The molecule has 2 rings (SSSR count). The maximum Gasteiger partial charge on any atom is 0.0991 e. The first-order chi connectivity index (χ1) is 10.4. The molecule has 3 heteroatoms. The molecule has 0 spiro atoms. The van der Waals surface area contributed by atoms with Gasteiger partial charge in [-0.3, -0.25) is 0 Å². The molecule has 0 aliphatic carbocycles. The molecular formula is C18H20N2O. The quantitative estimate of drug-likeness (QED) is 0.751. The molecular weight excluding hydrogens is 260 g/mol. The summed E-state index contributed by atoms with van der Waals surface area (Å²) in [6.45, 7) is 2.40. The zero-order chi connectivity index (χ0) is 14.8. The van der Waals surface area contributed by atoms with Crippen LogP contribution in [0.4, 0.5) is 5.69 Å². The van der Waals surface area contributed by atoms with E-state index in [1.54, 1.807) is 0 Å². The Labute approximate surface area is 126 Å². The fourth-order valence-corrected chi connectivity index (χ4v) is 2.01. The first kappa shape index (κ1) is 15.1. The Balaban J connectivity index is 1.53. The molecule has 0 aliphatic rings. The summed E-state index contributed by atoms with van der Waals surface area (Å²) in [6, 6.07) is 20.0. The molecule has 3 nitrogen and oxygen atoms in total. The van der Waals surface area contributed by atoms with E-state index in [-0.39, 0.29) is 0 Å². The largest absolute Gasteiger partial charge is 0.385 e. The number of nitrogens with one attached hydrogen (secondary N) is 1. The fourth-order valence-electron chi connectivity index (χ4n) is 2.01. The maximum absolute atomic E-state index is 8.72. The van der Waals surface area contributed by atoms with E-state index < -0.39 is 0 Å². The van der Waals surface area contributed by atoms with E-state index in [9.17, 15) is 0 Å². The monoisotopic (exact) mass is 280 g/mol. The van der Waals surface area contributed by atoms with Crippen molar-refractivity contribution in [2.75, 3.05) is 25.1 Å². The summed E-state index contributed by atoms with van der Waals surface area (Å²) in [5.74, 6) is 0. The van der Waals surface area contributed by atoms with Gasteiger partial charge in [-0.05, 0) is 42.7 Å². The van der Waals surface area contributed by atoms with Crippen molar-refractivity contribution in [3.8, 4) is 6.07 Å². The van der Waals surface area contributed by atoms with Crippen molar-refractivity contribution >= 4 is 5.69 Å². The zero-order valence-electron chi connectivity index (χ0n) is 12.1. The molecule has 0 aromatic heterocycles. The van der Waals surface area contributed by atoms with Crippen molar-refractivity contribution in [1.29, 1.82) is 5.26 Å². The van der Waals surface area contributed by atoms with E-state index in [0.717, 1.165) is 38.3 Å². The molecule has 108 valence electrons. The van der Waals surface area contributed by atoms with Crippen LogP contribution < -0.4 is 5.32 Å². The SMILES string of the molecule is N#Cc1ccc(NCCCOCCc2ccccc2)cc1. The number of hydrogen-bond acceptors (Lipinski definition) is 3. The molecule has 2 aromatic carbocycles. The zero-order valence-corrected chi connectivity index (χ0v) is 12.1. The predicted octanol–water partition coefficient (Wildman–Crippen LogP) is 3.62. The van der Waals surface area contributed by atoms with E-state index >= 15 is 0 Å². The Morgan fingerprint density at radius 3 is 2.43 bits per heavy atom. The number of ether oxygens (including phenoxy) is 1. The van der Waals surface area contributed by atoms with Crippen LogP contribution in [0.2, 0.25) is 0 Å². The van der Waals surface area contributed by atoms with Crippen molar-refractivity contribution in [3.63, 3.8) is 0 Å². The van der Waals surface area contributed by atoms with Crippen molar-refractivity contribution in [3.05, 3.63) is 65.7 Å². The highest BCUT2D eigenvalue weighted by molar-refractivity contribution is 5.46. The molecule has 21 heavy (non-hydrogen) atoms. The van der Waals surface area contributed by atoms with Gasteiger partial charge in [0.2, 0.25) is 0 Å². The average molecular weight is 280 g/mol. The lowest BCUT2D eigenvalue weighted by Crippen LogP contribution is -2.07. The first-order valence-electron chi connectivity index (χ1n) is 7.24. The molecule has 0 saturated heterocycles. The van der Waals surface area contributed by atoms with Crippen LogP contribution in [0.5, 0.6) is 0 Å². The van der Waals surface area contributed by atoms with E-state index in [4.69, 9.17) is 10.00 Å². The molecule has 0 unspecified atom stereocenters. The van der Waals surface area contributed by atoms with Crippen molar-refractivity contribution in [1.82, 2.24) is 0 Å². The molecule has 0 heterocycles. The third kappa shape index (κ3) is 5.68. The van der Waals surface area contributed by atoms with Gasteiger partial charge in [-0.1, -0.05) is 30.3 Å². The number of rotatable bonds is 8. The van der Waals surface area contributed by atoms with Crippen LogP contribution in [0, 0.1) is 11.3 Å². The molecule has 2 aromatic rings. The van der Waals surface area contributed by atoms with Gasteiger partial charge in [0.25, 0.3) is 0 Å². The highest BCUT2D eigenvalue weighted by Gasteiger charge is 1.95. The summed E-state index contributed by atoms with van der Waals surface area (Å²) in [4.78, 5) is 0. The van der Waals surface area contributed by atoms with Crippen molar-refractivity contribution in [2.45, 2.75) is 12.8 Å². The Morgan fingerprint density at radius 2 is 1.71 bits per heavy atom. The number of anilines is 1. The molecule has 0 radical (unpaired) electrons. The van der Waals surface area contributed by atoms with Crippen LogP contribution in [0.15, 0.2) is 54.6 Å². The van der Waals surface area contributed by atoms with Crippen LogP contribution in [0.25, 0.3) is 0 Å². The summed E-state index contributed by atoms with van der Waals surface area (Å²) in [5.41, 5.74) is 3.04. The standard InChI is InChI=1S/C18H20N2O/c19-15-17-7-9-18(10-8-17)20-12-4-13-21-14-11-16-5-2-1-3-6-16/h1-3,5-10,20H,4,11-14H2. The minimum absolute atomic E-state index is 0.685. The van der Waals surface area contributed by atoms with Crippen LogP contribution in [-0.2, 0) is 11.2 Å². The van der Waals surface area contributed by atoms with Gasteiger partial charge in [0.05, 0.1) is 18.2 Å². The molecule has 1 N–H and O–H groups in total. The highest BCUT2D eigenvalue weighted by Crippen LogP contribution is 2.08. The van der Waals surface area contributed by atoms with Gasteiger partial charge in [-0.25, -0.2) is 0 Å². The average Bonchev–Trinajstić information content (AvgIpc) is 2.55. The van der Waals surface area contributed by atoms with Gasteiger partial charge in [-0.2, -0.15) is 5.26 Å². The maximum atomic E-state index is 8.72. The summed E-state index contributed by atoms with van der Waals surface area (Å²) < 4.78 is 5.63. The summed E-state index contributed by atoms with van der Waals surface area (Å²) >= 11 is 0. The van der Waals surface area contributed by atoms with Crippen LogP contribution in [-0.4, -0.2) is 19.8 Å². The Kier molecular flexibility index (Phi) is 6.31. The summed E-state index contributed by atoms with van der Waals surface area (Å²) in [7, 11) is 0. The number of nitrogens with zero attached hydrogens (tertiary/aromatic N) is 1. The number of nitriles is 1. The van der Waals surface area contributed by atoms with Crippen LogP contribution in [0.3, 0.4) is 0 Å². The van der Waals surface area contributed by atoms with Gasteiger partial charge in [-0.15, -0.1) is 0 Å². The van der Waals surface area contributed by atoms with Crippen LogP contribution >= 0.6 is 0 Å². The third-order valence-electron chi connectivity index (χ3n) is 3.19. The number of benzene rings is 2. The van der Waals surface area contributed by atoms with E-state index in [1.807, 2.05) is 30.3 Å². The minimum atomic E-state index is 0.685. The molecule has 0 bridgehead atoms. The molecule has 0 atom stereocenters. The predicted molar refractivity (Wildman–Crippen MR) is 85.2 cm³/mol. The number of hydrogen-bond donors (Lipinski definition) is 1. The van der Waals surface area contributed by atoms with Crippen LogP contribution in [0.1, 0.15) is 17.5 Å². The normalized spacial score (nSPS) is 10.0. The second-order valence-corrected chi connectivity index (χ2v) is 4.82. The highest BCUT2D eigenvalue weighted by atomic mass is 16.5. The minimum Gasteiger partial charge on any atom is -0.385 e. The van der Waals surface area contributed by atoms with E-state index in [0.29, 0.717) is 5.56 Å². The lowest BCUT2D eigenvalue weighted by molar-refractivity contribution is 0.137. The lowest BCUT2D eigenvalue weighted by atomic mass is 10.2. The Bertz CT molecular complexity index is 558. The second kappa shape index (κ2) is 8.78. The van der Waals surface area contributed by atoms with Gasteiger partial charge in [0.15, 0.2) is 0 Å². The smallest absolute Gasteiger partial charge is 0.0991 e. The van der Waals surface area contributed by atoms with E-state index in [2.05, 4.69) is 35.7 Å². The topological polar surface area (TPSA) is 45.0 Å². The molecule has 0 fully saturated rings. The second-order valence-electron chi connectivity index (χ2n) is 4.82. The van der Waals surface area contributed by atoms with Gasteiger partial charge in [0.1, 0.15) is 0 Å². The fraction of sp³-hybridized carbons (Fsp3) is 0.278. The molecule has 0 amide bonds. The molecule has 0 saturated carbocycles. The van der Waals surface area contributed by atoms with Gasteiger partial charge >= 0.3 is 0 Å². The molecule has 0 aliphatic heterocycles. The van der Waals surface area contributed by atoms with Crippen molar-refractivity contribution in [2.24, 2.45) is 0 Å².